The highest BCUT2D eigenvalue weighted by atomic mass is 32.2. The van der Waals surface area contributed by atoms with Crippen molar-refractivity contribution in [1.82, 2.24) is 0 Å². The van der Waals surface area contributed by atoms with Gasteiger partial charge in [0.05, 0.1) is 16.1 Å². The molecule has 0 spiro atoms. The van der Waals surface area contributed by atoms with Crippen LogP contribution in [0.15, 0.2) is 41.3 Å². The van der Waals surface area contributed by atoms with Crippen LogP contribution in [-0.4, -0.2) is 32.7 Å². The molecule has 0 atom stereocenters. The van der Waals surface area contributed by atoms with Gasteiger partial charge in [0.1, 0.15) is 13.2 Å². The lowest BCUT2D eigenvalue weighted by Gasteiger charge is -2.21. The molecule has 0 saturated heterocycles. The first-order valence-corrected chi connectivity index (χ1v) is 8.62. The summed E-state index contributed by atoms with van der Waals surface area (Å²) in [6.45, 7) is 2.31. The molecule has 0 amide bonds. The molecule has 7 nitrogen and oxygen atoms in total. The van der Waals surface area contributed by atoms with E-state index >= 15 is 0 Å². The largest absolute Gasteiger partial charge is 0.486 e. The van der Waals surface area contributed by atoms with Crippen molar-refractivity contribution in [1.29, 1.82) is 0 Å². The summed E-state index contributed by atoms with van der Waals surface area (Å²) in [5.74, 6) is -0.409. The number of carboxylic acids is 1. The number of para-hydroxylation sites is 1. The second kappa shape index (κ2) is 6.04. The van der Waals surface area contributed by atoms with Crippen molar-refractivity contribution in [2.45, 2.75) is 11.8 Å². The molecule has 8 heteroatoms. The first-order chi connectivity index (χ1) is 11.4. The molecule has 0 saturated carbocycles. The first-order valence-electron chi connectivity index (χ1n) is 7.14. The lowest BCUT2D eigenvalue weighted by Crippen LogP contribution is -2.19. The van der Waals surface area contributed by atoms with Gasteiger partial charge in [-0.1, -0.05) is 12.1 Å². The van der Waals surface area contributed by atoms with E-state index in [4.69, 9.17) is 14.6 Å². The van der Waals surface area contributed by atoms with Crippen LogP contribution >= 0.6 is 0 Å². The molecule has 0 aromatic heterocycles. The first kappa shape index (κ1) is 16.1. The quantitative estimate of drug-likeness (QED) is 0.878. The Hall–Kier alpha value is -2.74. The maximum Gasteiger partial charge on any atom is 0.335 e. The molecule has 0 fully saturated rings. The number of rotatable bonds is 4. The molecule has 0 radical (unpaired) electrons. The summed E-state index contributed by atoms with van der Waals surface area (Å²) in [6.07, 6.45) is 0. The van der Waals surface area contributed by atoms with Crippen LogP contribution < -0.4 is 14.2 Å². The predicted molar refractivity (Wildman–Crippen MR) is 86.4 cm³/mol. The van der Waals surface area contributed by atoms with Gasteiger partial charge in [-0.25, -0.2) is 13.2 Å². The molecule has 126 valence electrons. The fourth-order valence-electron chi connectivity index (χ4n) is 2.36. The van der Waals surface area contributed by atoms with Crippen molar-refractivity contribution in [3.05, 3.63) is 47.5 Å². The number of carboxylic acid groups (broad SMARTS) is 1. The Kier molecular flexibility index (Phi) is 4.06. The van der Waals surface area contributed by atoms with E-state index in [0.717, 1.165) is 6.07 Å². The third kappa shape index (κ3) is 3.00. The van der Waals surface area contributed by atoms with E-state index in [1.807, 2.05) is 0 Å². The number of aryl methyl sites for hydroxylation is 1. The zero-order chi connectivity index (χ0) is 17.3. The third-order valence-electron chi connectivity index (χ3n) is 3.56. The number of hydrogen-bond donors (Lipinski definition) is 2. The smallest absolute Gasteiger partial charge is 0.335 e. The number of carbonyl (C=O) groups is 1. The summed E-state index contributed by atoms with van der Waals surface area (Å²) in [4.78, 5) is 11.1. The van der Waals surface area contributed by atoms with Crippen LogP contribution in [0.25, 0.3) is 0 Å². The van der Waals surface area contributed by atoms with Crippen LogP contribution in [0.4, 0.5) is 5.69 Å². The van der Waals surface area contributed by atoms with Crippen molar-refractivity contribution in [3.8, 4) is 11.5 Å². The Morgan fingerprint density at radius 2 is 1.92 bits per heavy atom. The van der Waals surface area contributed by atoms with Gasteiger partial charge in [0.15, 0.2) is 11.5 Å². The van der Waals surface area contributed by atoms with Gasteiger partial charge in [0.2, 0.25) is 0 Å². The van der Waals surface area contributed by atoms with Gasteiger partial charge in [-0.2, -0.15) is 0 Å². The third-order valence-corrected chi connectivity index (χ3v) is 4.92. The molecule has 1 aliphatic heterocycles. The van der Waals surface area contributed by atoms with E-state index in [-0.39, 0.29) is 16.1 Å². The summed E-state index contributed by atoms with van der Waals surface area (Å²) < 4.78 is 38.5. The molecule has 1 heterocycles. The van der Waals surface area contributed by atoms with Crippen LogP contribution in [0.3, 0.4) is 0 Å². The Morgan fingerprint density at radius 3 is 2.67 bits per heavy atom. The lowest BCUT2D eigenvalue weighted by molar-refractivity contribution is 0.0696. The van der Waals surface area contributed by atoms with Crippen molar-refractivity contribution >= 4 is 21.7 Å². The van der Waals surface area contributed by atoms with Crippen molar-refractivity contribution in [2.24, 2.45) is 0 Å². The van der Waals surface area contributed by atoms with E-state index in [1.165, 1.54) is 12.1 Å². The van der Waals surface area contributed by atoms with Crippen LogP contribution in [-0.2, 0) is 10.0 Å². The average molecular weight is 349 g/mol. The highest BCUT2D eigenvalue weighted by molar-refractivity contribution is 7.92. The number of ether oxygens (including phenoxy) is 2. The number of nitrogens with one attached hydrogen (secondary N) is 1. The minimum atomic E-state index is -3.97. The Labute approximate surface area is 138 Å². The minimum absolute atomic E-state index is 0.0625. The van der Waals surface area contributed by atoms with Crippen LogP contribution in [0.1, 0.15) is 15.9 Å². The molecule has 24 heavy (non-hydrogen) atoms. The SMILES string of the molecule is Cc1ccc(S(=O)(=O)Nc2cccc3c2OCCO3)cc1C(=O)O. The molecule has 2 aromatic carbocycles. The minimum Gasteiger partial charge on any atom is -0.486 e. The predicted octanol–water partition coefficient (Wildman–Crippen LogP) is 2.27. The average Bonchev–Trinajstić information content (AvgIpc) is 2.55. The van der Waals surface area contributed by atoms with E-state index in [2.05, 4.69) is 4.72 Å². The molecule has 2 aromatic rings. The number of hydrogen-bond acceptors (Lipinski definition) is 5. The monoisotopic (exact) mass is 349 g/mol. The standard InChI is InChI=1S/C16H15NO6S/c1-10-5-6-11(9-12(10)16(18)19)24(20,21)17-13-3-2-4-14-15(13)23-8-7-22-14/h2-6,9,17H,7-8H2,1H3,(H,18,19). The molecule has 0 aliphatic carbocycles. The van der Waals surface area contributed by atoms with E-state index in [1.54, 1.807) is 25.1 Å². The summed E-state index contributed by atoms with van der Waals surface area (Å²) in [7, 11) is -3.97. The number of fused-ring (bicyclic) bond motifs is 1. The fourth-order valence-corrected chi connectivity index (χ4v) is 3.44. The van der Waals surface area contributed by atoms with Gasteiger partial charge >= 0.3 is 5.97 Å². The highest BCUT2D eigenvalue weighted by Crippen LogP contribution is 2.38. The maximum absolute atomic E-state index is 12.6. The number of anilines is 1. The number of sulfonamides is 1. The zero-order valence-corrected chi connectivity index (χ0v) is 13.6. The van der Waals surface area contributed by atoms with Crippen molar-refractivity contribution < 1.29 is 27.8 Å². The zero-order valence-electron chi connectivity index (χ0n) is 12.8. The summed E-state index contributed by atoms with van der Waals surface area (Å²) in [6, 6.07) is 8.82. The second-order valence-electron chi connectivity index (χ2n) is 5.22. The van der Waals surface area contributed by atoms with Gasteiger partial charge in [-0.3, -0.25) is 4.72 Å². The van der Waals surface area contributed by atoms with Crippen LogP contribution in [0.2, 0.25) is 0 Å². The number of benzene rings is 2. The van der Waals surface area contributed by atoms with Crippen LogP contribution in [0.5, 0.6) is 11.5 Å². The molecular weight excluding hydrogens is 334 g/mol. The van der Waals surface area contributed by atoms with E-state index in [0.29, 0.717) is 30.3 Å². The lowest BCUT2D eigenvalue weighted by atomic mass is 10.1. The highest BCUT2D eigenvalue weighted by Gasteiger charge is 2.22. The van der Waals surface area contributed by atoms with E-state index in [9.17, 15) is 13.2 Å². The van der Waals surface area contributed by atoms with Crippen LogP contribution in [0, 0.1) is 6.92 Å². The summed E-state index contributed by atoms with van der Waals surface area (Å²) in [5, 5.41) is 9.15. The van der Waals surface area contributed by atoms with Crippen molar-refractivity contribution in [3.63, 3.8) is 0 Å². The van der Waals surface area contributed by atoms with Gasteiger partial charge in [0, 0.05) is 0 Å². The van der Waals surface area contributed by atoms with Gasteiger partial charge < -0.3 is 14.6 Å². The molecule has 1 aliphatic rings. The number of aromatic carboxylic acids is 1. The summed E-state index contributed by atoms with van der Waals surface area (Å²) in [5.41, 5.74) is 0.660. The van der Waals surface area contributed by atoms with E-state index < -0.39 is 16.0 Å². The Bertz CT molecular complexity index is 907. The van der Waals surface area contributed by atoms with Crippen molar-refractivity contribution in [2.75, 3.05) is 17.9 Å². The maximum atomic E-state index is 12.6. The fraction of sp³-hybridized carbons (Fsp3) is 0.188. The molecule has 0 unspecified atom stereocenters. The van der Waals surface area contributed by atoms with Gasteiger partial charge in [-0.05, 0) is 36.8 Å². The summed E-state index contributed by atoms with van der Waals surface area (Å²) >= 11 is 0. The topological polar surface area (TPSA) is 102 Å². The molecule has 3 rings (SSSR count). The molecule has 2 N–H and O–H groups in total. The van der Waals surface area contributed by atoms with Gasteiger partial charge in [-0.15, -0.1) is 0 Å². The molecule has 0 bridgehead atoms. The Morgan fingerprint density at radius 1 is 1.17 bits per heavy atom. The molecular formula is C16H15NO6S. The normalized spacial score (nSPS) is 13.4. The second-order valence-corrected chi connectivity index (χ2v) is 6.90. The van der Waals surface area contributed by atoms with Gasteiger partial charge in [0.25, 0.3) is 10.0 Å². The Balaban J connectivity index is 1.98.